The Balaban J connectivity index is 2.05. The lowest BCUT2D eigenvalue weighted by Gasteiger charge is -2.08. The molecule has 20 heavy (non-hydrogen) atoms. The molecule has 7 nitrogen and oxygen atoms in total. The third-order valence-electron chi connectivity index (χ3n) is 2.72. The minimum absolute atomic E-state index is 0.208. The molecule has 5 N–H and O–H groups in total. The number of hydrogen-bond donors (Lipinski definition) is 4. The zero-order valence-electron chi connectivity index (χ0n) is 10.8. The molecule has 3 heterocycles. The molecular weight excluding hydrogens is 276 g/mol. The minimum Gasteiger partial charge on any atom is -0.392 e. The standard InChI is InChI=1S/C12H14N6OS/c1-6(19)5-14-11-10-8(16-12(13)17-11)4-9(20-10)7-2-3-15-18-7/h2-4,6,19H,5H2,1H3,(H,15,18)(H3,13,14,16,17)/t6-/m1/s1. The summed E-state index contributed by atoms with van der Waals surface area (Å²) >= 11 is 1.55. The number of aromatic amines is 1. The van der Waals surface area contributed by atoms with Crippen molar-refractivity contribution in [2.24, 2.45) is 0 Å². The molecule has 3 aromatic rings. The van der Waals surface area contributed by atoms with Crippen LogP contribution in [0.1, 0.15) is 6.92 Å². The number of aromatic nitrogens is 4. The molecule has 0 saturated carbocycles. The first-order chi connectivity index (χ1) is 9.63. The molecule has 0 spiro atoms. The van der Waals surface area contributed by atoms with Crippen molar-refractivity contribution >= 4 is 33.3 Å². The van der Waals surface area contributed by atoms with E-state index in [0.717, 1.165) is 20.8 Å². The number of hydrogen-bond acceptors (Lipinski definition) is 7. The highest BCUT2D eigenvalue weighted by atomic mass is 32.1. The number of aliphatic hydroxyl groups is 1. The Morgan fingerprint density at radius 2 is 2.35 bits per heavy atom. The molecule has 0 saturated heterocycles. The Bertz CT molecular complexity index is 721. The summed E-state index contributed by atoms with van der Waals surface area (Å²) in [6.45, 7) is 2.11. The number of thiophene rings is 1. The molecule has 8 heteroatoms. The van der Waals surface area contributed by atoms with Crippen molar-refractivity contribution in [3.8, 4) is 10.6 Å². The number of nitrogens with one attached hydrogen (secondary N) is 2. The van der Waals surface area contributed by atoms with Crippen LogP contribution in [0.15, 0.2) is 18.3 Å². The summed E-state index contributed by atoms with van der Waals surface area (Å²) in [6, 6.07) is 3.84. The van der Waals surface area contributed by atoms with Crippen LogP contribution in [0.4, 0.5) is 11.8 Å². The second-order valence-electron chi connectivity index (χ2n) is 4.46. The topological polar surface area (TPSA) is 113 Å². The van der Waals surface area contributed by atoms with Crippen molar-refractivity contribution in [2.45, 2.75) is 13.0 Å². The largest absolute Gasteiger partial charge is 0.392 e. The van der Waals surface area contributed by atoms with Gasteiger partial charge in [0.2, 0.25) is 5.95 Å². The molecule has 0 aliphatic rings. The van der Waals surface area contributed by atoms with Crippen LogP contribution in [-0.4, -0.2) is 37.9 Å². The normalized spacial score (nSPS) is 12.7. The zero-order valence-corrected chi connectivity index (χ0v) is 11.6. The molecule has 0 aliphatic carbocycles. The molecule has 0 aromatic carbocycles. The fourth-order valence-electron chi connectivity index (χ4n) is 1.84. The number of H-pyrrole nitrogens is 1. The van der Waals surface area contributed by atoms with E-state index in [9.17, 15) is 5.11 Å². The van der Waals surface area contributed by atoms with Gasteiger partial charge in [-0.25, -0.2) is 4.98 Å². The van der Waals surface area contributed by atoms with E-state index in [0.29, 0.717) is 12.4 Å². The maximum Gasteiger partial charge on any atom is 0.222 e. The maximum absolute atomic E-state index is 9.36. The van der Waals surface area contributed by atoms with E-state index in [4.69, 9.17) is 5.73 Å². The molecule has 0 bridgehead atoms. The highest BCUT2D eigenvalue weighted by Gasteiger charge is 2.13. The van der Waals surface area contributed by atoms with Crippen LogP contribution < -0.4 is 11.1 Å². The predicted octanol–water partition coefficient (Wildman–Crippen LogP) is 1.46. The number of nitrogen functional groups attached to an aromatic ring is 1. The van der Waals surface area contributed by atoms with Crippen molar-refractivity contribution in [1.29, 1.82) is 0 Å². The van der Waals surface area contributed by atoms with Gasteiger partial charge in [0.05, 0.1) is 26.9 Å². The molecule has 104 valence electrons. The van der Waals surface area contributed by atoms with Gasteiger partial charge in [0, 0.05) is 12.7 Å². The van der Waals surface area contributed by atoms with Crippen molar-refractivity contribution < 1.29 is 5.11 Å². The van der Waals surface area contributed by atoms with Crippen LogP contribution in [0.2, 0.25) is 0 Å². The van der Waals surface area contributed by atoms with E-state index in [-0.39, 0.29) is 5.95 Å². The van der Waals surface area contributed by atoms with Crippen LogP contribution in [-0.2, 0) is 0 Å². The number of fused-ring (bicyclic) bond motifs is 1. The van der Waals surface area contributed by atoms with Gasteiger partial charge in [0.15, 0.2) is 0 Å². The van der Waals surface area contributed by atoms with E-state index in [2.05, 4.69) is 25.5 Å². The number of rotatable bonds is 4. The molecule has 1 atom stereocenters. The monoisotopic (exact) mass is 290 g/mol. The molecule has 0 aliphatic heterocycles. The lowest BCUT2D eigenvalue weighted by Crippen LogP contribution is -2.16. The average Bonchev–Trinajstić information content (AvgIpc) is 3.03. The van der Waals surface area contributed by atoms with E-state index in [1.54, 1.807) is 24.5 Å². The van der Waals surface area contributed by atoms with Gasteiger partial charge in [-0.2, -0.15) is 10.1 Å². The van der Waals surface area contributed by atoms with Gasteiger partial charge >= 0.3 is 0 Å². The van der Waals surface area contributed by atoms with Gasteiger partial charge in [-0.15, -0.1) is 11.3 Å². The summed E-state index contributed by atoms with van der Waals surface area (Å²) in [7, 11) is 0. The minimum atomic E-state index is -0.465. The van der Waals surface area contributed by atoms with Crippen LogP contribution in [0.25, 0.3) is 20.8 Å². The van der Waals surface area contributed by atoms with Crippen molar-refractivity contribution in [3.05, 3.63) is 18.3 Å². The zero-order chi connectivity index (χ0) is 14.1. The number of nitrogens with two attached hydrogens (primary N) is 1. The van der Waals surface area contributed by atoms with Gasteiger partial charge in [0.1, 0.15) is 5.82 Å². The Kier molecular flexibility index (Phi) is 3.25. The average molecular weight is 290 g/mol. The molecule has 3 rings (SSSR count). The second-order valence-corrected chi connectivity index (χ2v) is 5.51. The lowest BCUT2D eigenvalue weighted by atomic mass is 10.3. The third kappa shape index (κ3) is 2.43. The first kappa shape index (κ1) is 12.8. The molecule has 3 aromatic heterocycles. The maximum atomic E-state index is 9.36. The summed E-state index contributed by atoms with van der Waals surface area (Å²) in [5.74, 6) is 0.851. The van der Waals surface area contributed by atoms with Crippen LogP contribution in [0.5, 0.6) is 0 Å². The third-order valence-corrected chi connectivity index (χ3v) is 3.88. The summed E-state index contributed by atoms with van der Waals surface area (Å²) in [4.78, 5) is 9.44. The van der Waals surface area contributed by atoms with Gasteiger partial charge in [-0.05, 0) is 19.1 Å². The fraction of sp³-hybridized carbons (Fsp3) is 0.250. The SMILES string of the molecule is C[C@@H](O)CNc1nc(N)nc2cc(-c3ccn[nH]3)sc12. The highest BCUT2D eigenvalue weighted by molar-refractivity contribution is 7.22. The predicted molar refractivity (Wildman–Crippen MR) is 79.6 cm³/mol. The van der Waals surface area contributed by atoms with Gasteiger partial charge in [-0.3, -0.25) is 5.10 Å². The van der Waals surface area contributed by atoms with Crippen LogP contribution >= 0.6 is 11.3 Å². The van der Waals surface area contributed by atoms with Crippen molar-refractivity contribution in [3.63, 3.8) is 0 Å². The molecule has 0 amide bonds. The van der Waals surface area contributed by atoms with Gasteiger partial charge in [-0.1, -0.05) is 0 Å². The highest BCUT2D eigenvalue weighted by Crippen LogP contribution is 2.35. The first-order valence-corrected chi connectivity index (χ1v) is 6.94. The molecule has 0 radical (unpaired) electrons. The molecular formula is C12H14N6OS. The Labute approximate surface area is 118 Å². The molecule has 0 unspecified atom stereocenters. The van der Waals surface area contributed by atoms with Crippen LogP contribution in [0.3, 0.4) is 0 Å². The first-order valence-electron chi connectivity index (χ1n) is 6.12. The summed E-state index contributed by atoms with van der Waals surface area (Å²) in [5, 5.41) is 19.3. The van der Waals surface area contributed by atoms with Crippen molar-refractivity contribution in [1.82, 2.24) is 20.2 Å². The molecule has 0 fully saturated rings. The lowest BCUT2D eigenvalue weighted by molar-refractivity contribution is 0.208. The smallest absolute Gasteiger partial charge is 0.222 e. The number of anilines is 2. The van der Waals surface area contributed by atoms with Gasteiger partial charge < -0.3 is 16.2 Å². The summed E-state index contributed by atoms with van der Waals surface area (Å²) in [5.41, 5.74) is 7.42. The Morgan fingerprint density at radius 3 is 3.05 bits per heavy atom. The van der Waals surface area contributed by atoms with E-state index in [1.165, 1.54) is 0 Å². The summed E-state index contributed by atoms with van der Waals surface area (Å²) in [6.07, 6.45) is 1.24. The number of nitrogens with zero attached hydrogens (tertiary/aromatic N) is 3. The van der Waals surface area contributed by atoms with Crippen molar-refractivity contribution in [2.75, 3.05) is 17.6 Å². The van der Waals surface area contributed by atoms with Crippen LogP contribution in [0, 0.1) is 0 Å². The fourth-order valence-corrected chi connectivity index (χ4v) is 2.88. The van der Waals surface area contributed by atoms with E-state index < -0.39 is 6.10 Å². The quantitative estimate of drug-likeness (QED) is 0.578. The number of aliphatic hydroxyl groups excluding tert-OH is 1. The van der Waals surface area contributed by atoms with E-state index in [1.807, 2.05) is 12.1 Å². The Morgan fingerprint density at radius 1 is 1.50 bits per heavy atom. The summed E-state index contributed by atoms with van der Waals surface area (Å²) < 4.78 is 0.907. The van der Waals surface area contributed by atoms with E-state index >= 15 is 0 Å². The second kappa shape index (κ2) is 5.06. The van der Waals surface area contributed by atoms with Gasteiger partial charge in [0.25, 0.3) is 0 Å². The Hall–Kier alpha value is -2.19.